The highest BCUT2D eigenvalue weighted by molar-refractivity contribution is 9.10. The molecule has 1 heterocycles. The molecule has 7 N–H and O–H groups in total. The minimum absolute atomic E-state index is 0.0340. The second kappa shape index (κ2) is 12.4. The number of primary amides is 1. The van der Waals surface area contributed by atoms with Crippen LogP contribution in [0.5, 0.6) is 5.88 Å². The molecule has 1 unspecified atom stereocenters. The van der Waals surface area contributed by atoms with Crippen molar-refractivity contribution < 1.29 is 38.1 Å². The van der Waals surface area contributed by atoms with Crippen LogP contribution in [0.2, 0.25) is 0 Å². The van der Waals surface area contributed by atoms with E-state index in [4.69, 9.17) is 15.6 Å². The van der Waals surface area contributed by atoms with Crippen molar-refractivity contribution in [3.8, 4) is 5.88 Å². The molecule has 0 aliphatic rings. The lowest BCUT2D eigenvalue weighted by atomic mass is 10.2. The highest BCUT2D eigenvalue weighted by Gasteiger charge is 2.23. The fourth-order valence-corrected chi connectivity index (χ4v) is 3.58. The minimum Gasteiger partial charge on any atom is -0.471 e. The van der Waals surface area contributed by atoms with Gasteiger partial charge in [-0.25, -0.2) is 13.6 Å². The van der Waals surface area contributed by atoms with Crippen molar-refractivity contribution in [1.29, 1.82) is 0 Å². The van der Waals surface area contributed by atoms with E-state index in [2.05, 4.69) is 36.3 Å². The summed E-state index contributed by atoms with van der Waals surface area (Å²) in [4.78, 5) is 35.4. The van der Waals surface area contributed by atoms with Gasteiger partial charge in [0.1, 0.15) is 28.8 Å². The van der Waals surface area contributed by atoms with Crippen LogP contribution < -0.4 is 26.4 Å². The van der Waals surface area contributed by atoms with Crippen LogP contribution in [0.15, 0.2) is 16.6 Å². The third-order valence-electron chi connectivity index (χ3n) is 3.95. The normalized spacial score (nSPS) is 11.5. The summed E-state index contributed by atoms with van der Waals surface area (Å²) in [6, 6.07) is 1.24. The Hall–Kier alpha value is -2.88. The van der Waals surface area contributed by atoms with Crippen LogP contribution in [-0.2, 0) is 11.4 Å². The molecule has 0 fully saturated rings. The van der Waals surface area contributed by atoms with Crippen LogP contribution in [0.4, 0.5) is 18.6 Å². The summed E-state index contributed by atoms with van der Waals surface area (Å²) in [6.07, 6.45) is -1.52. The van der Waals surface area contributed by atoms with E-state index < -0.39 is 47.8 Å². The van der Waals surface area contributed by atoms with Gasteiger partial charge in [0, 0.05) is 17.6 Å². The molecular formula is C18H20BrF2N5O6S. The first-order chi connectivity index (χ1) is 15.6. The highest BCUT2D eigenvalue weighted by Crippen LogP contribution is 2.31. The van der Waals surface area contributed by atoms with Crippen LogP contribution in [0.1, 0.15) is 22.3 Å². The lowest BCUT2D eigenvalue weighted by molar-refractivity contribution is -0.123. The Morgan fingerprint density at radius 3 is 2.52 bits per heavy atom. The van der Waals surface area contributed by atoms with E-state index in [-0.39, 0.29) is 47.0 Å². The molecule has 0 bridgehead atoms. The SMILES string of the molecule is NC(=O)c1c(OCc2c(F)cc(Br)cc2F)nsc1NC(=O)NCC(O)CC(=O)NCCO. The van der Waals surface area contributed by atoms with E-state index in [1.807, 2.05) is 0 Å². The molecule has 4 amide bonds. The number of nitrogens with zero attached hydrogens (tertiary/aromatic N) is 1. The number of urea groups is 1. The van der Waals surface area contributed by atoms with Crippen molar-refractivity contribution in [3.63, 3.8) is 0 Å². The molecule has 0 aliphatic heterocycles. The number of carbonyl (C=O) groups is 3. The number of anilines is 1. The van der Waals surface area contributed by atoms with Crippen molar-refractivity contribution in [1.82, 2.24) is 15.0 Å². The maximum absolute atomic E-state index is 14.0. The van der Waals surface area contributed by atoms with Gasteiger partial charge in [-0.1, -0.05) is 15.9 Å². The van der Waals surface area contributed by atoms with Gasteiger partial charge in [0.2, 0.25) is 11.8 Å². The summed E-state index contributed by atoms with van der Waals surface area (Å²) >= 11 is 3.60. The molecule has 0 spiro atoms. The van der Waals surface area contributed by atoms with Gasteiger partial charge in [-0.05, 0) is 23.7 Å². The Labute approximate surface area is 198 Å². The summed E-state index contributed by atoms with van der Waals surface area (Å²) in [5.41, 5.74) is 4.61. The van der Waals surface area contributed by atoms with Gasteiger partial charge < -0.3 is 31.3 Å². The number of amides is 4. The second-order valence-corrected chi connectivity index (χ2v) is 8.15. The quantitative estimate of drug-likeness (QED) is 0.239. The van der Waals surface area contributed by atoms with Gasteiger partial charge >= 0.3 is 6.03 Å². The third kappa shape index (κ3) is 7.88. The molecular weight excluding hydrogens is 532 g/mol. The summed E-state index contributed by atoms with van der Waals surface area (Å²) in [6.45, 7) is -1.11. The van der Waals surface area contributed by atoms with Crippen LogP contribution in [0, 0.1) is 11.6 Å². The van der Waals surface area contributed by atoms with Crippen LogP contribution in [-0.4, -0.2) is 58.2 Å². The zero-order valence-corrected chi connectivity index (χ0v) is 19.3. The summed E-state index contributed by atoms with van der Waals surface area (Å²) in [5, 5.41) is 25.3. The van der Waals surface area contributed by atoms with Crippen molar-refractivity contribution >= 4 is 50.3 Å². The first-order valence-electron chi connectivity index (χ1n) is 9.28. The van der Waals surface area contributed by atoms with E-state index in [1.165, 1.54) is 0 Å². The monoisotopic (exact) mass is 551 g/mol. The maximum atomic E-state index is 14.0. The molecule has 1 aromatic carbocycles. The lowest BCUT2D eigenvalue weighted by Crippen LogP contribution is -2.38. The van der Waals surface area contributed by atoms with E-state index in [0.29, 0.717) is 11.5 Å². The van der Waals surface area contributed by atoms with Gasteiger partial charge in [0.25, 0.3) is 5.91 Å². The number of ether oxygens (including phenoxy) is 1. The van der Waals surface area contributed by atoms with Crippen molar-refractivity contribution in [2.24, 2.45) is 5.73 Å². The molecule has 15 heteroatoms. The van der Waals surface area contributed by atoms with Gasteiger partial charge in [-0.2, -0.15) is 4.37 Å². The predicted molar refractivity (Wildman–Crippen MR) is 117 cm³/mol. The van der Waals surface area contributed by atoms with Gasteiger partial charge in [-0.3, -0.25) is 14.9 Å². The predicted octanol–water partition coefficient (Wildman–Crippen LogP) is 0.843. The number of aliphatic hydroxyl groups is 2. The number of hydrogen-bond acceptors (Lipinski definition) is 8. The molecule has 1 aromatic heterocycles. The largest absolute Gasteiger partial charge is 0.471 e. The molecule has 11 nitrogen and oxygen atoms in total. The molecule has 0 saturated heterocycles. The topological polar surface area (TPSA) is 176 Å². The Morgan fingerprint density at radius 1 is 1.24 bits per heavy atom. The van der Waals surface area contributed by atoms with E-state index in [1.54, 1.807) is 0 Å². The highest BCUT2D eigenvalue weighted by atomic mass is 79.9. The number of aromatic nitrogens is 1. The molecule has 33 heavy (non-hydrogen) atoms. The fourth-order valence-electron chi connectivity index (χ4n) is 2.44. The number of aliphatic hydroxyl groups excluding tert-OH is 2. The zero-order chi connectivity index (χ0) is 24.5. The van der Waals surface area contributed by atoms with Crippen molar-refractivity contribution in [2.45, 2.75) is 19.1 Å². The molecule has 0 saturated carbocycles. The number of hydrogen-bond donors (Lipinski definition) is 6. The van der Waals surface area contributed by atoms with Gasteiger partial charge in [0.15, 0.2) is 0 Å². The number of rotatable bonds is 11. The van der Waals surface area contributed by atoms with Crippen molar-refractivity contribution in [2.75, 3.05) is 25.0 Å². The smallest absolute Gasteiger partial charge is 0.320 e. The fraction of sp³-hybridized carbons (Fsp3) is 0.333. The van der Waals surface area contributed by atoms with Crippen molar-refractivity contribution in [3.05, 3.63) is 39.4 Å². The maximum Gasteiger partial charge on any atom is 0.320 e. The number of carbonyl (C=O) groups excluding carboxylic acids is 3. The molecule has 0 aliphatic carbocycles. The average Bonchev–Trinajstić information content (AvgIpc) is 3.12. The Bertz CT molecular complexity index is 1000. The molecule has 2 rings (SSSR count). The average molecular weight is 552 g/mol. The number of benzene rings is 1. The Morgan fingerprint density at radius 2 is 1.91 bits per heavy atom. The van der Waals surface area contributed by atoms with Crippen LogP contribution >= 0.6 is 27.5 Å². The first-order valence-corrected chi connectivity index (χ1v) is 10.8. The Kier molecular flexibility index (Phi) is 9.90. The molecule has 2 aromatic rings. The summed E-state index contributed by atoms with van der Waals surface area (Å²) in [5.74, 6) is -3.60. The van der Waals surface area contributed by atoms with E-state index in [0.717, 1.165) is 12.1 Å². The number of nitrogens with one attached hydrogen (secondary N) is 3. The standard InChI is InChI=1S/C18H20BrF2N5O6S/c19-8-3-11(20)10(12(21)4-8)7-32-16-14(15(22)30)17(33-26-16)25-18(31)24-6-9(28)5-13(29)23-1-2-27/h3-4,9,27-28H,1-2,5-7H2,(H2,22,30)(H,23,29)(H2,24,25,31). The zero-order valence-electron chi connectivity index (χ0n) is 16.9. The second-order valence-electron chi connectivity index (χ2n) is 6.46. The van der Waals surface area contributed by atoms with Gasteiger partial charge in [-0.15, -0.1) is 0 Å². The molecule has 0 radical (unpaired) electrons. The van der Waals surface area contributed by atoms with E-state index in [9.17, 15) is 28.3 Å². The van der Waals surface area contributed by atoms with Crippen LogP contribution in [0.3, 0.4) is 0 Å². The summed E-state index contributed by atoms with van der Waals surface area (Å²) < 4.78 is 37.2. The number of nitrogens with two attached hydrogens (primary N) is 1. The third-order valence-corrected chi connectivity index (χ3v) is 5.15. The summed E-state index contributed by atoms with van der Waals surface area (Å²) in [7, 11) is 0. The Balaban J connectivity index is 1.98. The van der Waals surface area contributed by atoms with Crippen LogP contribution in [0.25, 0.3) is 0 Å². The molecule has 180 valence electrons. The minimum atomic E-state index is -1.21. The van der Waals surface area contributed by atoms with E-state index >= 15 is 0 Å². The number of halogens is 3. The lowest BCUT2D eigenvalue weighted by Gasteiger charge is -2.12. The molecule has 1 atom stereocenters. The van der Waals surface area contributed by atoms with Gasteiger partial charge in [0.05, 0.1) is 24.7 Å². The first kappa shape index (κ1) is 26.4.